The minimum absolute atomic E-state index is 0.247. The molecule has 0 bridgehead atoms. The third-order valence-electron chi connectivity index (χ3n) is 3.15. The number of aryl methyl sites for hydroxylation is 2. The van der Waals surface area contributed by atoms with Gasteiger partial charge in [0.1, 0.15) is 11.5 Å². The van der Waals surface area contributed by atoms with Crippen molar-refractivity contribution >= 4 is 5.96 Å². The van der Waals surface area contributed by atoms with Crippen molar-refractivity contribution in [3.8, 4) is 5.75 Å². The molecule has 6 heteroatoms. The molecule has 1 heterocycles. The third kappa shape index (κ3) is 4.51. The highest BCUT2D eigenvalue weighted by Gasteiger charge is 2.06. The molecule has 0 amide bonds. The lowest BCUT2D eigenvalue weighted by atomic mass is 10.2. The molecule has 22 heavy (non-hydrogen) atoms. The number of nitrogens with one attached hydrogen (secondary N) is 2. The Kier molecular flexibility index (Phi) is 5.41. The van der Waals surface area contributed by atoms with Crippen molar-refractivity contribution in [1.29, 1.82) is 0 Å². The molecule has 6 nitrogen and oxygen atoms in total. The van der Waals surface area contributed by atoms with Gasteiger partial charge in [0.25, 0.3) is 0 Å². The molecule has 118 valence electrons. The number of oxazole rings is 1. The topological polar surface area (TPSA) is 82.7 Å². The fourth-order valence-electron chi connectivity index (χ4n) is 1.94. The number of phenolic OH excluding ortho intramolecular Hbond substituents is 1. The molecule has 1 aromatic carbocycles. The maximum Gasteiger partial charge on any atom is 0.214 e. The second-order valence-corrected chi connectivity index (χ2v) is 4.97. The number of aromatic nitrogens is 1. The number of aromatic hydroxyl groups is 1. The molecule has 3 N–H and O–H groups in total. The minimum atomic E-state index is 0.247. The first kappa shape index (κ1) is 15.9. The Bertz CT molecular complexity index is 630. The zero-order valence-electron chi connectivity index (χ0n) is 13.2. The largest absolute Gasteiger partial charge is 0.508 e. The van der Waals surface area contributed by atoms with Crippen molar-refractivity contribution in [1.82, 2.24) is 15.6 Å². The Morgan fingerprint density at radius 3 is 2.77 bits per heavy atom. The van der Waals surface area contributed by atoms with E-state index in [0.29, 0.717) is 24.9 Å². The predicted octanol–water partition coefficient (Wildman–Crippen LogP) is 2.25. The lowest BCUT2D eigenvalue weighted by molar-refractivity contribution is 0.463. The van der Waals surface area contributed by atoms with Gasteiger partial charge in [-0.2, -0.15) is 0 Å². The highest BCUT2D eigenvalue weighted by atomic mass is 16.4. The van der Waals surface area contributed by atoms with E-state index in [9.17, 15) is 5.11 Å². The fourth-order valence-corrected chi connectivity index (χ4v) is 1.94. The lowest BCUT2D eigenvalue weighted by Gasteiger charge is -2.09. The molecule has 0 radical (unpaired) electrons. The molecule has 1 aromatic heterocycles. The molecule has 0 fully saturated rings. The SMILES string of the molecule is CCNC(=NCc1cccc(O)c1)NCc1nc(C)c(C)o1. The van der Waals surface area contributed by atoms with Crippen LogP contribution >= 0.6 is 0 Å². The van der Waals surface area contributed by atoms with Crippen molar-refractivity contribution in [2.75, 3.05) is 6.54 Å². The summed E-state index contributed by atoms with van der Waals surface area (Å²) in [6.45, 7) is 7.53. The zero-order valence-corrected chi connectivity index (χ0v) is 13.2. The fraction of sp³-hybridized carbons (Fsp3) is 0.375. The lowest BCUT2D eigenvalue weighted by Crippen LogP contribution is -2.36. The van der Waals surface area contributed by atoms with Gasteiger partial charge in [-0.1, -0.05) is 12.1 Å². The first-order valence-electron chi connectivity index (χ1n) is 7.31. The number of benzene rings is 1. The quantitative estimate of drug-likeness (QED) is 0.583. The average Bonchev–Trinajstić information content (AvgIpc) is 2.81. The van der Waals surface area contributed by atoms with Crippen LogP contribution in [0.4, 0.5) is 0 Å². The van der Waals surface area contributed by atoms with E-state index in [-0.39, 0.29) is 5.75 Å². The first-order valence-corrected chi connectivity index (χ1v) is 7.31. The van der Waals surface area contributed by atoms with Crippen LogP contribution in [-0.2, 0) is 13.1 Å². The molecule has 2 aromatic rings. The number of hydrogen-bond acceptors (Lipinski definition) is 4. The van der Waals surface area contributed by atoms with E-state index in [1.54, 1.807) is 18.2 Å². The zero-order chi connectivity index (χ0) is 15.9. The summed E-state index contributed by atoms with van der Waals surface area (Å²) >= 11 is 0. The van der Waals surface area contributed by atoms with Crippen LogP contribution in [0.5, 0.6) is 5.75 Å². The predicted molar refractivity (Wildman–Crippen MR) is 85.7 cm³/mol. The van der Waals surface area contributed by atoms with Crippen LogP contribution < -0.4 is 10.6 Å². The number of phenols is 1. The van der Waals surface area contributed by atoms with E-state index in [2.05, 4.69) is 20.6 Å². The van der Waals surface area contributed by atoms with Gasteiger partial charge in [-0.25, -0.2) is 9.98 Å². The van der Waals surface area contributed by atoms with Gasteiger partial charge in [-0.05, 0) is 38.5 Å². The summed E-state index contributed by atoms with van der Waals surface area (Å²) < 4.78 is 5.53. The van der Waals surface area contributed by atoms with E-state index in [1.807, 2.05) is 26.8 Å². The Hall–Kier alpha value is -2.50. The first-order chi connectivity index (χ1) is 10.6. The van der Waals surface area contributed by atoms with Crippen molar-refractivity contribution in [2.45, 2.75) is 33.9 Å². The number of hydrogen-bond donors (Lipinski definition) is 3. The molecule has 0 aliphatic rings. The smallest absolute Gasteiger partial charge is 0.214 e. The van der Waals surface area contributed by atoms with E-state index >= 15 is 0 Å². The van der Waals surface area contributed by atoms with Gasteiger partial charge >= 0.3 is 0 Å². The highest BCUT2D eigenvalue weighted by Crippen LogP contribution is 2.11. The van der Waals surface area contributed by atoms with Crippen molar-refractivity contribution in [3.05, 3.63) is 47.2 Å². The van der Waals surface area contributed by atoms with Crippen LogP contribution in [0.15, 0.2) is 33.7 Å². The van der Waals surface area contributed by atoms with Gasteiger partial charge in [-0.15, -0.1) is 0 Å². The molecule has 0 atom stereocenters. The highest BCUT2D eigenvalue weighted by molar-refractivity contribution is 5.79. The van der Waals surface area contributed by atoms with E-state index < -0.39 is 0 Å². The normalized spacial score (nSPS) is 11.5. The van der Waals surface area contributed by atoms with Gasteiger partial charge < -0.3 is 20.2 Å². The minimum Gasteiger partial charge on any atom is -0.508 e. The van der Waals surface area contributed by atoms with Crippen LogP contribution in [0, 0.1) is 13.8 Å². The van der Waals surface area contributed by atoms with Gasteiger partial charge in [0.2, 0.25) is 5.89 Å². The average molecular weight is 302 g/mol. The van der Waals surface area contributed by atoms with Crippen molar-refractivity contribution in [3.63, 3.8) is 0 Å². The van der Waals surface area contributed by atoms with Gasteiger partial charge in [-0.3, -0.25) is 0 Å². The maximum atomic E-state index is 9.46. The van der Waals surface area contributed by atoms with E-state index in [0.717, 1.165) is 23.6 Å². The van der Waals surface area contributed by atoms with E-state index in [1.165, 1.54) is 0 Å². The van der Waals surface area contributed by atoms with Crippen molar-refractivity contribution < 1.29 is 9.52 Å². The summed E-state index contributed by atoms with van der Waals surface area (Å²) in [5.41, 5.74) is 1.85. The summed E-state index contributed by atoms with van der Waals surface area (Å²) in [4.78, 5) is 8.81. The monoisotopic (exact) mass is 302 g/mol. The molecule has 0 spiro atoms. The summed E-state index contributed by atoms with van der Waals surface area (Å²) in [5.74, 6) is 2.40. The second-order valence-electron chi connectivity index (χ2n) is 4.97. The standard InChI is InChI=1S/C16H22N4O2/c1-4-17-16(18-9-13-6-5-7-14(21)8-13)19-10-15-20-11(2)12(3)22-15/h5-8,21H,4,9-10H2,1-3H3,(H2,17,18,19). The number of guanidine groups is 1. The van der Waals surface area contributed by atoms with Gasteiger partial charge in [0.05, 0.1) is 18.8 Å². The Balaban J connectivity index is 1.97. The summed E-state index contributed by atoms with van der Waals surface area (Å²) in [6, 6.07) is 7.07. The molecule has 0 unspecified atom stereocenters. The van der Waals surface area contributed by atoms with Crippen LogP contribution in [0.2, 0.25) is 0 Å². The van der Waals surface area contributed by atoms with Gasteiger partial charge in [0, 0.05) is 6.54 Å². The number of aliphatic imine (C=N–C) groups is 1. The summed E-state index contributed by atoms with van der Waals surface area (Å²) in [5, 5.41) is 15.8. The summed E-state index contributed by atoms with van der Waals surface area (Å²) in [7, 11) is 0. The van der Waals surface area contributed by atoms with Crippen LogP contribution in [0.25, 0.3) is 0 Å². The molecule has 0 saturated carbocycles. The molecular formula is C16H22N4O2. The van der Waals surface area contributed by atoms with Crippen LogP contribution in [0.1, 0.15) is 29.8 Å². The molecular weight excluding hydrogens is 280 g/mol. The molecule has 2 rings (SSSR count). The van der Waals surface area contributed by atoms with Gasteiger partial charge in [0.15, 0.2) is 5.96 Å². The Labute approximate surface area is 130 Å². The van der Waals surface area contributed by atoms with Crippen molar-refractivity contribution in [2.24, 2.45) is 4.99 Å². The molecule has 0 aliphatic heterocycles. The number of rotatable bonds is 5. The Morgan fingerprint density at radius 1 is 1.32 bits per heavy atom. The van der Waals surface area contributed by atoms with Crippen LogP contribution in [-0.4, -0.2) is 22.6 Å². The molecule has 0 saturated heterocycles. The Morgan fingerprint density at radius 2 is 2.14 bits per heavy atom. The van der Waals surface area contributed by atoms with Crippen LogP contribution in [0.3, 0.4) is 0 Å². The molecule has 0 aliphatic carbocycles. The van der Waals surface area contributed by atoms with E-state index in [4.69, 9.17) is 4.42 Å². The maximum absolute atomic E-state index is 9.46. The number of nitrogens with zero attached hydrogens (tertiary/aromatic N) is 2. The second kappa shape index (κ2) is 7.49. The summed E-state index contributed by atoms with van der Waals surface area (Å²) in [6.07, 6.45) is 0. The third-order valence-corrected chi connectivity index (χ3v) is 3.15.